The zero-order valence-corrected chi connectivity index (χ0v) is 11.4. The number of benzene rings is 1. The number of carbonyl (C=O) groups is 1. The van der Waals surface area contributed by atoms with Gasteiger partial charge in [0.1, 0.15) is 0 Å². The van der Waals surface area contributed by atoms with Gasteiger partial charge < -0.3 is 4.90 Å². The molecule has 0 saturated carbocycles. The second kappa shape index (κ2) is 5.47. The van der Waals surface area contributed by atoms with Gasteiger partial charge in [-0.25, -0.2) is 0 Å². The van der Waals surface area contributed by atoms with Crippen LogP contribution in [-0.4, -0.2) is 29.3 Å². The Hall–Kier alpha value is -0.440. The van der Waals surface area contributed by atoms with Gasteiger partial charge in [-0.05, 0) is 31.0 Å². The molecule has 0 atom stereocenters. The SMILES string of the molecule is O=C(c1cc(Cl)ccc1Cl)N1CCC(Cl)CC1. The fourth-order valence-electron chi connectivity index (χ4n) is 1.88. The number of amides is 1. The van der Waals surface area contributed by atoms with Crippen molar-refractivity contribution < 1.29 is 4.79 Å². The van der Waals surface area contributed by atoms with Crippen molar-refractivity contribution in [2.24, 2.45) is 0 Å². The Morgan fingerprint density at radius 2 is 1.88 bits per heavy atom. The van der Waals surface area contributed by atoms with E-state index in [1.54, 1.807) is 23.1 Å². The van der Waals surface area contributed by atoms with Gasteiger partial charge in [-0.2, -0.15) is 0 Å². The van der Waals surface area contributed by atoms with Crippen LogP contribution in [0.5, 0.6) is 0 Å². The Balaban J connectivity index is 2.16. The van der Waals surface area contributed by atoms with E-state index in [2.05, 4.69) is 0 Å². The van der Waals surface area contributed by atoms with E-state index < -0.39 is 0 Å². The third-order valence-electron chi connectivity index (χ3n) is 2.87. The molecule has 17 heavy (non-hydrogen) atoms. The molecule has 1 saturated heterocycles. The molecule has 92 valence electrons. The summed E-state index contributed by atoms with van der Waals surface area (Å²) in [6.07, 6.45) is 1.65. The summed E-state index contributed by atoms with van der Waals surface area (Å²) >= 11 is 17.9. The lowest BCUT2D eigenvalue weighted by Crippen LogP contribution is -2.38. The molecule has 0 aliphatic carbocycles. The zero-order valence-electron chi connectivity index (χ0n) is 9.13. The summed E-state index contributed by atoms with van der Waals surface area (Å²) in [7, 11) is 0. The van der Waals surface area contributed by atoms with Crippen LogP contribution < -0.4 is 0 Å². The molecular weight excluding hydrogens is 280 g/mol. The Morgan fingerprint density at radius 3 is 2.53 bits per heavy atom. The lowest BCUT2D eigenvalue weighted by Gasteiger charge is -2.29. The molecule has 0 bridgehead atoms. The first kappa shape index (κ1) is 13.0. The van der Waals surface area contributed by atoms with Crippen molar-refractivity contribution in [3.8, 4) is 0 Å². The van der Waals surface area contributed by atoms with Crippen molar-refractivity contribution in [2.45, 2.75) is 18.2 Å². The molecule has 1 amide bonds. The monoisotopic (exact) mass is 291 g/mol. The summed E-state index contributed by atoms with van der Waals surface area (Å²) in [4.78, 5) is 14.0. The number of piperidine rings is 1. The van der Waals surface area contributed by atoms with Gasteiger partial charge in [-0.15, -0.1) is 11.6 Å². The Kier molecular flexibility index (Phi) is 4.18. The first-order valence-electron chi connectivity index (χ1n) is 5.46. The largest absolute Gasteiger partial charge is 0.338 e. The number of rotatable bonds is 1. The minimum atomic E-state index is -0.0685. The van der Waals surface area contributed by atoms with E-state index in [1.807, 2.05) is 0 Å². The smallest absolute Gasteiger partial charge is 0.255 e. The predicted octanol–water partition coefficient (Wildman–Crippen LogP) is 3.84. The topological polar surface area (TPSA) is 20.3 Å². The molecule has 0 aromatic heterocycles. The zero-order chi connectivity index (χ0) is 12.4. The third-order valence-corrected chi connectivity index (χ3v) is 3.87. The molecular formula is C12H12Cl3NO. The Bertz CT molecular complexity index is 428. The highest BCUT2D eigenvalue weighted by atomic mass is 35.5. The summed E-state index contributed by atoms with van der Waals surface area (Å²) in [5, 5.41) is 1.13. The Labute approximate surface area is 115 Å². The number of alkyl halides is 1. The maximum Gasteiger partial charge on any atom is 0.255 e. The van der Waals surface area contributed by atoms with Crippen LogP contribution in [0, 0.1) is 0 Å². The molecule has 2 rings (SSSR count). The number of likely N-dealkylation sites (tertiary alicyclic amines) is 1. The standard InChI is InChI=1S/C12H12Cl3NO/c13-8-3-5-16(6-4-8)12(17)10-7-9(14)1-2-11(10)15/h1-2,7-8H,3-6H2. The van der Waals surface area contributed by atoms with E-state index >= 15 is 0 Å². The van der Waals surface area contributed by atoms with Crippen LogP contribution in [0.15, 0.2) is 18.2 Å². The number of halogens is 3. The lowest BCUT2D eigenvalue weighted by molar-refractivity contribution is 0.0726. The van der Waals surface area contributed by atoms with Crippen LogP contribution in [-0.2, 0) is 0 Å². The van der Waals surface area contributed by atoms with Crippen LogP contribution in [0.4, 0.5) is 0 Å². The van der Waals surface area contributed by atoms with E-state index in [-0.39, 0.29) is 11.3 Å². The van der Waals surface area contributed by atoms with E-state index in [4.69, 9.17) is 34.8 Å². The summed E-state index contributed by atoms with van der Waals surface area (Å²) in [5.74, 6) is -0.0685. The van der Waals surface area contributed by atoms with Crippen LogP contribution >= 0.6 is 34.8 Å². The van der Waals surface area contributed by atoms with E-state index in [0.29, 0.717) is 28.7 Å². The molecule has 0 N–H and O–H groups in total. The van der Waals surface area contributed by atoms with E-state index in [0.717, 1.165) is 12.8 Å². The van der Waals surface area contributed by atoms with Gasteiger partial charge in [0, 0.05) is 23.5 Å². The highest BCUT2D eigenvalue weighted by molar-refractivity contribution is 6.35. The van der Waals surface area contributed by atoms with Gasteiger partial charge in [0.05, 0.1) is 10.6 Å². The second-order valence-corrected chi connectivity index (χ2v) is 5.55. The molecule has 1 aliphatic rings. The summed E-state index contributed by atoms with van der Waals surface area (Å²) in [6, 6.07) is 4.93. The van der Waals surface area contributed by atoms with Crippen molar-refractivity contribution in [1.29, 1.82) is 0 Å². The van der Waals surface area contributed by atoms with Gasteiger partial charge in [0.15, 0.2) is 0 Å². The molecule has 5 heteroatoms. The molecule has 1 aromatic rings. The first-order chi connectivity index (χ1) is 8.08. The maximum absolute atomic E-state index is 12.2. The normalized spacial score (nSPS) is 17.2. The molecule has 1 fully saturated rings. The predicted molar refractivity (Wildman–Crippen MR) is 71.2 cm³/mol. The van der Waals surface area contributed by atoms with Crippen molar-refractivity contribution in [3.05, 3.63) is 33.8 Å². The molecule has 1 heterocycles. The number of carbonyl (C=O) groups excluding carboxylic acids is 1. The highest BCUT2D eigenvalue weighted by Crippen LogP contribution is 2.24. The minimum Gasteiger partial charge on any atom is -0.338 e. The number of nitrogens with zero attached hydrogens (tertiary/aromatic N) is 1. The fourth-order valence-corrected chi connectivity index (χ4v) is 2.45. The van der Waals surface area contributed by atoms with Crippen LogP contribution in [0.1, 0.15) is 23.2 Å². The summed E-state index contributed by atoms with van der Waals surface area (Å²) < 4.78 is 0. The van der Waals surface area contributed by atoms with Gasteiger partial charge in [0.25, 0.3) is 5.91 Å². The average molecular weight is 293 g/mol. The quantitative estimate of drug-likeness (QED) is 0.720. The van der Waals surface area contributed by atoms with Crippen LogP contribution in [0.25, 0.3) is 0 Å². The molecule has 1 aliphatic heterocycles. The number of hydrogen-bond acceptors (Lipinski definition) is 1. The average Bonchev–Trinajstić information content (AvgIpc) is 2.32. The van der Waals surface area contributed by atoms with Crippen LogP contribution in [0.2, 0.25) is 10.0 Å². The first-order valence-corrected chi connectivity index (χ1v) is 6.65. The molecule has 1 aromatic carbocycles. The van der Waals surface area contributed by atoms with Crippen LogP contribution in [0.3, 0.4) is 0 Å². The van der Waals surface area contributed by atoms with Gasteiger partial charge in [-0.3, -0.25) is 4.79 Å². The molecule has 0 spiro atoms. The third kappa shape index (κ3) is 3.06. The summed E-state index contributed by atoms with van der Waals surface area (Å²) in [6.45, 7) is 1.35. The van der Waals surface area contributed by atoms with E-state index in [1.165, 1.54) is 0 Å². The van der Waals surface area contributed by atoms with E-state index in [9.17, 15) is 4.79 Å². The van der Waals surface area contributed by atoms with Gasteiger partial charge >= 0.3 is 0 Å². The van der Waals surface area contributed by atoms with Crippen molar-refractivity contribution in [3.63, 3.8) is 0 Å². The second-order valence-electron chi connectivity index (χ2n) is 4.09. The van der Waals surface area contributed by atoms with Crippen molar-refractivity contribution in [2.75, 3.05) is 13.1 Å². The highest BCUT2D eigenvalue weighted by Gasteiger charge is 2.23. The Morgan fingerprint density at radius 1 is 1.24 bits per heavy atom. The molecule has 2 nitrogen and oxygen atoms in total. The summed E-state index contributed by atoms with van der Waals surface area (Å²) in [5.41, 5.74) is 0.465. The van der Waals surface area contributed by atoms with Gasteiger partial charge in [-0.1, -0.05) is 23.2 Å². The molecule has 0 unspecified atom stereocenters. The number of hydrogen-bond donors (Lipinski definition) is 0. The van der Waals surface area contributed by atoms with Gasteiger partial charge in [0.2, 0.25) is 0 Å². The molecule has 0 radical (unpaired) electrons. The van der Waals surface area contributed by atoms with Crippen molar-refractivity contribution in [1.82, 2.24) is 4.90 Å². The fraction of sp³-hybridized carbons (Fsp3) is 0.417. The lowest BCUT2D eigenvalue weighted by atomic mass is 10.1. The minimum absolute atomic E-state index is 0.0685. The van der Waals surface area contributed by atoms with Crippen molar-refractivity contribution >= 4 is 40.7 Å². The maximum atomic E-state index is 12.2.